The smallest absolute Gasteiger partial charge is 0.229 e. The first kappa shape index (κ1) is 30.5. The van der Waals surface area contributed by atoms with Gasteiger partial charge in [-0.15, -0.1) is 0 Å². The number of nitrogens with one attached hydrogen (secondary N) is 1. The molecule has 4 atom stereocenters. The van der Waals surface area contributed by atoms with Gasteiger partial charge in [0.15, 0.2) is 9.84 Å². The van der Waals surface area contributed by atoms with Gasteiger partial charge in [-0.3, -0.25) is 4.98 Å². The van der Waals surface area contributed by atoms with Crippen LogP contribution < -0.4 is 11.1 Å². The SMILES string of the molecule is C[C@H]1C[C@@H](c2ccncc2Nc2ncc3ccc(-c4c(F)cc(COC5CCOCC5)cc4F)nn23)C[C@@H](N)[C@@H]1S(C)(=O)=O. The fourth-order valence-electron chi connectivity index (χ4n) is 6.66. The van der Waals surface area contributed by atoms with E-state index in [1.807, 2.05) is 13.0 Å². The maximum Gasteiger partial charge on any atom is 0.229 e. The number of halogens is 2. The van der Waals surface area contributed by atoms with Crippen molar-refractivity contribution in [1.82, 2.24) is 19.6 Å². The summed E-state index contributed by atoms with van der Waals surface area (Å²) in [6.07, 6.45) is 8.86. The van der Waals surface area contributed by atoms with Gasteiger partial charge in [0.1, 0.15) is 11.6 Å². The van der Waals surface area contributed by atoms with Crippen molar-refractivity contribution in [2.24, 2.45) is 11.7 Å². The monoisotopic (exact) mass is 626 g/mol. The topological polar surface area (TPSA) is 134 Å². The Balaban J connectivity index is 1.25. The third kappa shape index (κ3) is 6.32. The number of nitrogens with zero attached hydrogens (tertiary/aromatic N) is 4. The second-order valence-corrected chi connectivity index (χ2v) is 14.1. The van der Waals surface area contributed by atoms with Crippen LogP contribution in [0.3, 0.4) is 0 Å². The number of nitrogens with two attached hydrogens (primary N) is 1. The highest BCUT2D eigenvalue weighted by Gasteiger charge is 2.40. The zero-order valence-electron chi connectivity index (χ0n) is 24.6. The molecule has 0 unspecified atom stereocenters. The molecular weight excluding hydrogens is 590 g/mol. The van der Waals surface area contributed by atoms with Gasteiger partial charge < -0.3 is 20.5 Å². The number of ether oxygens (including phenoxy) is 2. The predicted molar refractivity (Wildman–Crippen MR) is 162 cm³/mol. The van der Waals surface area contributed by atoms with Gasteiger partial charge >= 0.3 is 0 Å². The summed E-state index contributed by atoms with van der Waals surface area (Å²) < 4.78 is 68.0. The van der Waals surface area contributed by atoms with Crippen LogP contribution in [0.2, 0.25) is 0 Å². The van der Waals surface area contributed by atoms with E-state index < -0.39 is 32.8 Å². The maximum absolute atomic E-state index is 15.3. The molecular formula is C31H36F2N6O4S. The third-order valence-corrected chi connectivity index (χ3v) is 10.4. The summed E-state index contributed by atoms with van der Waals surface area (Å²) in [7, 11) is -3.29. The quantitative estimate of drug-likeness (QED) is 0.284. The fraction of sp³-hybridized carbons (Fsp3) is 0.452. The molecule has 1 saturated heterocycles. The van der Waals surface area contributed by atoms with Gasteiger partial charge in [0.25, 0.3) is 0 Å². The molecule has 44 heavy (non-hydrogen) atoms. The van der Waals surface area contributed by atoms with Crippen molar-refractivity contribution in [3.05, 3.63) is 71.7 Å². The van der Waals surface area contributed by atoms with Gasteiger partial charge in [0.2, 0.25) is 5.95 Å². The zero-order valence-corrected chi connectivity index (χ0v) is 25.4. The van der Waals surface area contributed by atoms with E-state index >= 15 is 8.78 Å². The summed E-state index contributed by atoms with van der Waals surface area (Å²) in [4.78, 5) is 8.73. The normalized spacial score (nSPS) is 23.2. The number of hydrogen-bond donors (Lipinski definition) is 2. The average molecular weight is 627 g/mol. The lowest BCUT2D eigenvalue weighted by molar-refractivity contribution is -0.0391. The largest absolute Gasteiger partial charge is 0.381 e. The molecule has 0 amide bonds. The highest BCUT2D eigenvalue weighted by Crippen LogP contribution is 2.41. The van der Waals surface area contributed by atoms with Crippen LogP contribution in [0.25, 0.3) is 16.8 Å². The minimum absolute atomic E-state index is 0.00428. The number of rotatable bonds is 8. The van der Waals surface area contributed by atoms with Gasteiger partial charge in [-0.1, -0.05) is 6.92 Å². The Morgan fingerprint density at radius 1 is 1.11 bits per heavy atom. The second kappa shape index (κ2) is 12.5. The molecule has 4 heterocycles. The molecule has 1 aromatic carbocycles. The summed E-state index contributed by atoms with van der Waals surface area (Å²) in [6.45, 7) is 3.26. The Bertz CT molecular complexity index is 1730. The van der Waals surface area contributed by atoms with Crippen molar-refractivity contribution in [2.45, 2.75) is 62.5 Å². The summed E-state index contributed by atoms with van der Waals surface area (Å²) in [5.41, 5.74) is 8.87. The van der Waals surface area contributed by atoms with E-state index in [9.17, 15) is 8.42 Å². The van der Waals surface area contributed by atoms with Crippen LogP contribution in [0, 0.1) is 17.6 Å². The van der Waals surface area contributed by atoms with Crippen molar-refractivity contribution in [3.63, 3.8) is 0 Å². The minimum atomic E-state index is -3.29. The first-order valence-electron chi connectivity index (χ1n) is 14.8. The molecule has 10 nitrogen and oxygen atoms in total. The molecule has 3 N–H and O–H groups in total. The molecule has 1 aliphatic carbocycles. The molecule has 13 heteroatoms. The third-order valence-electron chi connectivity index (χ3n) is 8.63. The van der Waals surface area contributed by atoms with Gasteiger partial charge in [-0.2, -0.15) is 9.61 Å². The number of sulfone groups is 1. The summed E-state index contributed by atoms with van der Waals surface area (Å²) in [5.74, 6) is -1.26. The Morgan fingerprint density at radius 3 is 2.57 bits per heavy atom. The first-order valence-corrected chi connectivity index (χ1v) is 16.7. The molecule has 1 aliphatic heterocycles. The molecule has 0 spiro atoms. The van der Waals surface area contributed by atoms with Crippen LogP contribution in [0.5, 0.6) is 0 Å². The van der Waals surface area contributed by atoms with Crippen LogP contribution in [0.15, 0.2) is 48.9 Å². The minimum Gasteiger partial charge on any atom is -0.381 e. The van der Waals surface area contributed by atoms with Gasteiger partial charge in [0, 0.05) is 31.7 Å². The lowest BCUT2D eigenvalue weighted by atomic mass is 9.76. The fourth-order valence-corrected chi connectivity index (χ4v) is 8.36. The van der Waals surface area contributed by atoms with E-state index in [0.717, 1.165) is 18.4 Å². The highest BCUT2D eigenvalue weighted by atomic mass is 32.2. The Hall–Kier alpha value is -3.52. The van der Waals surface area contributed by atoms with Crippen LogP contribution in [0.1, 0.15) is 49.7 Å². The van der Waals surface area contributed by atoms with E-state index in [-0.39, 0.29) is 35.8 Å². The molecule has 0 bridgehead atoms. The molecule has 2 fully saturated rings. The van der Waals surface area contributed by atoms with Gasteiger partial charge in [0.05, 0.1) is 52.8 Å². The first-order chi connectivity index (χ1) is 21.1. The van der Waals surface area contributed by atoms with E-state index in [2.05, 4.69) is 20.4 Å². The molecule has 6 rings (SSSR count). The lowest BCUT2D eigenvalue weighted by Crippen LogP contribution is -2.48. The van der Waals surface area contributed by atoms with Crippen LogP contribution in [-0.4, -0.2) is 64.9 Å². The summed E-state index contributed by atoms with van der Waals surface area (Å²) in [6, 6.07) is 7.20. The van der Waals surface area contributed by atoms with Crippen LogP contribution in [-0.2, 0) is 25.9 Å². The van der Waals surface area contributed by atoms with E-state index in [4.69, 9.17) is 15.2 Å². The number of imidazole rings is 1. The van der Waals surface area contributed by atoms with Crippen molar-refractivity contribution in [2.75, 3.05) is 24.8 Å². The molecule has 234 valence electrons. The zero-order chi connectivity index (χ0) is 31.0. The number of pyridine rings is 1. The molecule has 0 radical (unpaired) electrons. The Labute approximate surface area is 254 Å². The van der Waals surface area contributed by atoms with Gasteiger partial charge in [-0.05, 0) is 79.0 Å². The highest BCUT2D eigenvalue weighted by molar-refractivity contribution is 7.91. The Morgan fingerprint density at radius 2 is 1.86 bits per heavy atom. The summed E-state index contributed by atoms with van der Waals surface area (Å²) in [5, 5.41) is 7.23. The lowest BCUT2D eigenvalue weighted by Gasteiger charge is -2.38. The molecule has 4 aromatic rings. The van der Waals surface area contributed by atoms with Crippen molar-refractivity contribution in [3.8, 4) is 11.3 Å². The van der Waals surface area contributed by atoms with Crippen molar-refractivity contribution >= 4 is 27.0 Å². The predicted octanol–water partition coefficient (Wildman–Crippen LogP) is 4.76. The number of hydrogen-bond acceptors (Lipinski definition) is 9. The van der Waals surface area contributed by atoms with Gasteiger partial charge in [-0.25, -0.2) is 22.2 Å². The summed E-state index contributed by atoms with van der Waals surface area (Å²) >= 11 is 0. The standard InChI is InChI=1S/C31H36F2N6O4S/c1-18-11-20(14-26(34)30(18)44(2,40)41)23-5-8-35-16-28(23)37-31-36-15-21-3-4-27(38-39(21)31)29-24(32)12-19(13-25(29)33)17-43-22-6-9-42-10-7-22/h3-5,8,12-13,15-16,18,20,22,26,30H,6-7,9-11,14,17,34H2,1-2H3,(H,36,37)/t18-,20+,26+,30+/m0/s1. The maximum atomic E-state index is 15.3. The Kier molecular flexibility index (Phi) is 8.64. The van der Waals surface area contributed by atoms with E-state index in [0.29, 0.717) is 48.8 Å². The van der Waals surface area contributed by atoms with Crippen molar-refractivity contribution < 1.29 is 26.7 Å². The van der Waals surface area contributed by atoms with E-state index in [1.165, 1.54) is 22.9 Å². The number of fused-ring (bicyclic) bond motifs is 1. The molecule has 3 aromatic heterocycles. The molecule has 1 saturated carbocycles. The van der Waals surface area contributed by atoms with Crippen molar-refractivity contribution in [1.29, 1.82) is 0 Å². The number of benzene rings is 1. The van der Waals surface area contributed by atoms with E-state index in [1.54, 1.807) is 30.7 Å². The second-order valence-electron chi connectivity index (χ2n) is 11.9. The molecule has 2 aliphatic rings. The van der Waals surface area contributed by atoms with Crippen LogP contribution >= 0.6 is 0 Å². The van der Waals surface area contributed by atoms with Crippen LogP contribution in [0.4, 0.5) is 20.4 Å². The number of aromatic nitrogens is 4. The average Bonchev–Trinajstić information content (AvgIpc) is 3.37. The number of anilines is 2.